The first kappa shape index (κ1) is 27.3. The largest absolute Gasteiger partial charge is 0.486 e. The number of hydrogen-bond acceptors (Lipinski definition) is 6. The Morgan fingerprint density at radius 2 is 1.68 bits per heavy atom. The fraction of sp³-hybridized carbons (Fsp3) is 0.259. The molecule has 1 aliphatic rings. The van der Waals surface area contributed by atoms with Crippen LogP contribution in [0.5, 0.6) is 11.5 Å². The van der Waals surface area contributed by atoms with Gasteiger partial charge in [-0.1, -0.05) is 41.9 Å². The number of carbonyl (C=O) groups is 2. The third kappa shape index (κ3) is 6.03. The molecule has 0 aromatic heterocycles. The van der Waals surface area contributed by atoms with Crippen molar-refractivity contribution in [2.24, 2.45) is 0 Å². The van der Waals surface area contributed by atoms with Gasteiger partial charge in [-0.25, -0.2) is 8.42 Å². The number of nitrogens with one attached hydrogen (secondary N) is 1. The van der Waals surface area contributed by atoms with Crippen molar-refractivity contribution in [3.8, 4) is 11.5 Å². The molecule has 0 spiro atoms. The highest BCUT2D eigenvalue weighted by Gasteiger charge is 2.33. The number of halogens is 1. The van der Waals surface area contributed by atoms with Gasteiger partial charge in [0.05, 0.1) is 10.6 Å². The minimum Gasteiger partial charge on any atom is -0.486 e. The molecule has 0 unspecified atom stereocenters. The van der Waals surface area contributed by atoms with Crippen LogP contribution in [0, 0.1) is 0 Å². The van der Waals surface area contributed by atoms with Crippen LogP contribution >= 0.6 is 11.6 Å². The van der Waals surface area contributed by atoms with Crippen LogP contribution in [-0.2, 0) is 26.2 Å². The monoisotopic (exact) mass is 557 g/mol. The normalized spacial score (nSPS) is 13.3. The fourth-order valence-electron chi connectivity index (χ4n) is 4.06. The Hall–Kier alpha value is -3.76. The van der Waals surface area contributed by atoms with Gasteiger partial charge in [0.25, 0.3) is 10.0 Å². The number of anilines is 1. The van der Waals surface area contributed by atoms with Crippen LogP contribution in [0.4, 0.5) is 5.69 Å². The van der Waals surface area contributed by atoms with Crippen LogP contribution in [0.3, 0.4) is 0 Å². The molecule has 0 aliphatic carbocycles. The molecule has 38 heavy (non-hydrogen) atoms. The van der Waals surface area contributed by atoms with E-state index in [-0.39, 0.29) is 17.1 Å². The van der Waals surface area contributed by atoms with E-state index in [0.717, 1.165) is 4.31 Å². The van der Waals surface area contributed by atoms with Crippen molar-refractivity contribution in [1.82, 2.24) is 10.2 Å². The van der Waals surface area contributed by atoms with Crippen molar-refractivity contribution >= 4 is 39.1 Å². The maximum absolute atomic E-state index is 13.8. The van der Waals surface area contributed by atoms with Gasteiger partial charge in [-0.2, -0.15) is 0 Å². The number of ether oxygens (including phenoxy) is 2. The van der Waals surface area contributed by atoms with E-state index >= 15 is 0 Å². The fourth-order valence-corrected chi connectivity index (χ4v) is 5.70. The Morgan fingerprint density at radius 1 is 0.974 bits per heavy atom. The van der Waals surface area contributed by atoms with E-state index in [2.05, 4.69) is 5.32 Å². The van der Waals surface area contributed by atoms with Gasteiger partial charge in [0.2, 0.25) is 11.8 Å². The molecule has 1 atom stereocenters. The molecule has 200 valence electrons. The zero-order valence-electron chi connectivity index (χ0n) is 21.0. The zero-order chi connectivity index (χ0) is 27.3. The summed E-state index contributed by atoms with van der Waals surface area (Å²) in [6.07, 6.45) is 0. The van der Waals surface area contributed by atoms with Crippen molar-refractivity contribution in [3.05, 3.63) is 83.4 Å². The Balaban J connectivity index is 1.74. The second kappa shape index (κ2) is 11.7. The molecule has 9 nitrogen and oxygen atoms in total. The zero-order valence-corrected chi connectivity index (χ0v) is 22.5. The number of amides is 2. The topological polar surface area (TPSA) is 105 Å². The van der Waals surface area contributed by atoms with Crippen LogP contribution in [0.25, 0.3) is 0 Å². The predicted octanol–water partition coefficient (Wildman–Crippen LogP) is 3.47. The molecule has 0 saturated carbocycles. The smallest absolute Gasteiger partial charge is 0.264 e. The second-order valence-electron chi connectivity index (χ2n) is 8.59. The number of likely N-dealkylation sites (N-methyl/N-ethyl adjacent to an activating group) is 1. The van der Waals surface area contributed by atoms with Crippen LogP contribution in [0.15, 0.2) is 77.7 Å². The van der Waals surface area contributed by atoms with Gasteiger partial charge in [-0.15, -0.1) is 0 Å². The quantitative estimate of drug-likeness (QED) is 0.432. The van der Waals surface area contributed by atoms with Gasteiger partial charge in [-0.3, -0.25) is 13.9 Å². The Bertz CT molecular complexity index is 1420. The average molecular weight is 558 g/mol. The SMILES string of the molecule is CNC(=O)[C@@H](C)N(Cc1cccc(Cl)c1)C(=O)CN(c1ccc2c(c1)OCCO2)S(=O)(=O)c1ccccc1. The molecule has 0 bridgehead atoms. The molecule has 0 fully saturated rings. The van der Waals surface area contributed by atoms with Gasteiger partial charge in [0.15, 0.2) is 11.5 Å². The van der Waals surface area contributed by atoms with E-state index in [1.165, 1.54) is 30.1 Å². The summed E-state index contributed by atoms with van der Waals surface area (Å²) in [5, 5.41) is 3.03. The maximum Gasteiger partial charge on any atom is 0.264 e. The molecule has 0 radical (unpaired) electrons. The summed E-state index contributed by atoms with van der Waals surface area (Å²) >= 11 is 6.13. The first-order valence-corrected chi connectivity index (χ1v) is 13.8. The number of hydrogen-bond donors (Lipinski definition) is 1. The molecule has 2 amide bonds. The van der Waals surface area contributed by atoms with E-state index in [9.17, 15) is 18.0 Å². The molecule has 3 aromatic carbocycles. The summed E-state index contributed by atoms with van der Waals surface area (Å²) in [5.41, 5.74) is 0.917. The lowest BCUT2D eigenvalue weighted by Crippen LogP contribution is -2.50. The van der Waals surface area contributed by atoms with Crippen LogP contribution < -0.4 is 19.1 Å². The molecule has 11 heteroatoms. The van der Waals surface area contributed by atoms with Gasteiger partial charge < -0.3 is 19.7 Å². The summed E-state index contributed by atoms with van der Waals surface area (Å²) in [4.78, 5) is 27.7. The van der Waals surface area contributed by atoms with Crippen molar-refractivity contribution in [1.29, 1.82) is 0 Å². The highest BCUT2D eigenvalue weighted by Crippen LogP contribution is 2.36. The first-order chi connectivity index (χ1) is 18.2. The number of rotatable bonds is 9. The lowest BCUT2D eigenvalue weighted by atomic mass is 10.1. The highest BCUT2D eigenvalue weighted by atomic mass is 35.5. The van der Waals surface area contributed by atoms with E-state index in [1.807, 2.05) is 0 Å². The van der Waals surface area contributed by atoms with Gasteiger partial charge in [0, 0.05) is 24.7 Å². The molecule has 1 heterocycles. The number of nitrogens with zero attached hydrogens (tertiary/aromatic N) is 2. The molecular formula is C27H28ClN3O6S. The van der Waals surface area contributed by atoms with Crippen molar-refractivity contribution in [2.75, 3.05) is 31.1 Å². The number of fused-ring (bicyclic) bond motifs is 1. The molecule has 1 N–H and O–H groups in total. The van der Waals surface area contributed by atoms with Crippen LogP contribution in [0.1, 0.15) is 12.5 Å². The van der Waals surface area contributed by atoms with E-state index < -0.39 is 34.4 Å². The minimum atomic E-state index is -4.17. The molecular weight excluding hydrogens is 530 g/mol. The third-order valence-corrected chi connectivity index (χ3v) is 8.10. The minimum absolute atomic E-state index is 0.0171. The molecule has 0 saturated heterocycles. The summed E-state index contributed by atoms with van der Waals surface area (Å²) < 4.78 is 39.9. The Morgan fingerprint density at radius 3 is 2.37 bits per heavy atom. The molecule has 3 aromatic rings. The summed E-state index contributed by atoms with van der Waals surface area (Å²) in [6.45, 7) is 1.78. The first-order valence-electron chi connectivity index (χ1n) is 11.9. The predicted molar refractivity (Wildman–Crippen MR) is 144 cm³/mol. The van der Waals surface area contributed by atoms with Gasteiger partial charge in [-0.05, 0) is 48.9 Å². The lowest BCUT2D eigenvalue weighted by Gasteiger charge is -2.32. The maximum atomic E-state index is 13.8. The third-order valence-electron chi connectivity index (χ3n) is 6.08. The average Bonchev–Trinajstić information content (AvgIpc) is 2.93. The number of benzene rings is 3. The summed E-state index contributed by atoms with van der Waals surface area (Å²) in [7, 11) is -2.70. The van der Waals surface area contributed by atoms with E-state index in [1.54, 1.807) is 61.5 Å². The number of carbonyl (C=O) groups excluding carboxylic acids is 2. The highest BCUT2D eigenvalue weighted by molar-refractivity contribution is 7.92. The summed E-state index contributed by atoms with van der Waals surface area (Å²) in [6, 6.07) is 18.6. The standard InChI is InChI=1S/C27H28ClN3O6S/c1-19(27(33)29-2)30(17-20-7-6-8-21(28)15-20)26(32)18-31(38(34,35)23-9-4-3-5-10-23)22-11-12-24-25(16-22)37-14-13-36-24/h3-12,15-16,19H,13-14,17-18H2,1-2H3,(H,29,33)/t19-/m1/s1. The van der Waals surface area contributed by atoms with Gasteiger partial charge in [0.1, 0.15) is 25.8 Å². The van der Waals surface area contributed by atoms with Crippen molar-refractivity contribution in [2.45, 2.75) is 24.4 Å². The van der Waals surface area contributed by atoms with Crippen LogP contribution in [-0.4, -0.2) is 58.0 Å². The van der Waals surface area contributed by atoms with Gasteiger partial charge >= 0.3 is 0 Å². The van der Waals surface area contributed by atoms with E-state index in [4.69, 9.17) is 21.1 Å². The van der Waals surface area contributed by atoms with Crippen LogP contribution in [0.2, 0.25) is 5.02 Å². The molecule has 4 rings (SSSR count). The van der Waals surface area contributed by atoms with E-state index in [0.29, 0.717) is 35.3 Å². The Kier molecular flexibility index (Phi) is 8.43. The second-order valence-corrected chi connectivity index (χ2v) is 10.9. The van der Waals surface area contributed by atoms with Crippen molar-refractivity contribution in [3.63, 3.8) is 0 Å². The summed E-state index contributed by atoms with van der Waals surface area (Å²) in [5.74, 6) is -0.101. The number of sulfonamides is 1. The molecule has 1 aliphatic heterocycles. The lowest BCUT2D eigenvalue weighted by molar-refractivity contribution is -0.139. The van der Waals surface area contributed by atoms with Crippen molar-refractivity contribution < 1.29 is 27.5 Å². The Labute approximate surface area is 227 Å².